The zero-order chi connectivity index (χ0) is 16.0. The number of carbonyl (C=O) groups is 2. The van der Waals surface area contributed by atoms with Crippen molar-refractivity contribution in [2.45, 2.75) is 32.9 Å². The SMILES string of the molecule is CN(Cc1cncc(Br)c1)C(=O)CNC(=O)OC(C)(C)C. The van der Waals surface area contributed by atoms with E-state index in [4.69, 9.17) is 4.74 Å². The van der Waals surface area contributed by atoms with Gasteiger partial charge < -0.3 is 15.0 Å². The average Bonchev–Trinajstić information content (AvgIpc) is 2.33. The topological polar surface area (TPSA) is 71.5 Å². The molecule has 1 N–H and O–H groups in total. The lowest BCUT2D eigenvalue weighted by molar-refractivity contribution is -0.129. The fourth-order valence-electron chi connectivity index (χ4n) is 1.50. The van der Waals surface area contributed by atoms with Gasteiger partial charge in [0, 0.05) is 30.5 Å². The standard InChI is InChI=1S/C14H20BrN3O3/c1-14(2,3)21-13(20)17-8-12(19)18(4)9-10-5-11(15)7-16-6-10/h5-7H,8-9H2,1-4H3,(H,17,20). The molecule has 0 aliphatic carbocycles. The van der Waals surface area contributed by atoms with Crippen molar-refractivity contribution in [3.05, 3.63) is 28.5 Å². The van der Waals surface area contributed by atoms with Crippen LogP contribution in [0.15, 0.2) is 22.9 Å². The zero-order valence-corrected chi connectivity index (χ0v) is 14.2. The number of halogens is 1. The number of alkyl carbamates (subject to hydrolysis) is 1. The number of ether oxygens (including phenoxy) is 1. The van der Waals surface area contributed by atoms with Crippen LogP contribution >= 0.6 is 15.9 Å². The number of hydrogen-bond donors (Lipinski definition) is 1. The van der Waals surface area contributed by atoms with Crippen LogP contribution in [0.4, 0.5) is 4.79 Å². The number of nitrogens with zero attached hydrogens (tertiary/aromatic N) is 2. The molecule has 0 saturated heterocycles. The second-order valence-corrected chi connectivity index (χ2v) is 6.53. The first-order chi connectivity index (χ1) is 9.67. The third kappa shape index (κ3) is 7.08. The Labute approximate surface area is 133 Å². The molecule has 0 unspecified atom stereocenters. The van der Waals surface area contributed by atoms with Gasteiger partial charge in [-0.05, 0) is 48.3 Å². The number of amides is 2. The second kappa shape index (κ2) is 7.40. The molecule has 0 radical (unpaired) electrons. The van der Waals surface area contributed by atoms with Crippen LogP contribution in [0.2, 0.25) is 0 Å². The van der Waals surface area contributed by atoms with Gasteiger partial charge in [0.25, 0.3) is 0 Å². The van der Waals surface area contributed by atoms with Crippen LogP contribution in [-0.4, -0.2) is 41.1 Å². The van der Waals surface area contributed by atoms with Crippen molar-refractivity contribution in [3.63, 3.8) is 0 Å². The molecule has 0 bridgehead atoms. The van der Waals surface area contributed by atoms with Crippen molar-refractivity contribution in [1.29, 1.82) is 0 Å². The lowest BCUT2D eigenvalue weighted by atomic mass is 10.2. The number of likely N-dealkylation sites (N-methyl/N-ethyl adjacent to an activating group) is 1. The minimum absolute atomic E-state index is 0.104. The fraction of sp³-hybridized carbons (Fsp3) is 0.500. The van der Waals surface area contributed by atoms with E-state index in [0.717, 1.165) is 10.0 Å². The number of carbonyl (C=O) groups excluding carboxylic acids is 2. The quantitative estimate of drug-likeness (QED) is 0.897. The van der Waals surface area contributed by atoms with Crippen molar-refractivity contribution in [2.75, 3.05) is 13.6 Å². The smallest absolute Gasteiger partial charge is 0.408 e. The second-order valence-electron chi connectivity index (χ2n) is 5.62. The van der Waals surface area contributed by atoms with E-state index in [1.807, 2.05) is 6.07 Å². The maximum atomic E-state index is 11.9. The number of nitrogens with one attached hydrogen (secondary N) is 1. The molecule has 1 aromatic heterocycles. The summed E-state index contributed by atoms with van der Waals surface area (Å²) in [5, 5.41) is 2.44. The molecular weight excluding hydrogens is 338 g/mol. The first kappa shape index (κ1) is 17.4. The Kier molecular flexibility index (Phi) is 6.14. The van der Waals surface area contributed by atoms with E-state index >= 15 is 0 Å². The van der Waals surface area contributed by atoms with E-state index in [0.29, 0.717) is 6.54 Å². The molecule has 1 heterocycles. The highest BCUT2D eigenvalue weighted by Crippen LogP contribution is 2.11. The Hall–Kier alpha value is -1.63. The predicted octanol–water partition coefficient (Wildman–Crippen LogP) is 2.33. The Morgan fingerprint density at radius 3 is 2.62 bits per heavy atom. The average molecular weight is 358 g/mol. The largest absolute Gasteiger partial charge is 0.444 e. The van der Waals surface area contributed by atoms with E-state index in [1.54, 1.807) is 40.2 Å². The number of aromatic nitrogens is 1. The molecular formula is C14H20BrN3O3. The summed E-state index contributed by atoms with van der Waals surface area (Å²) in [6, 6.07) is 1.89. The third-order valence-electron chi connectivity index (χ3n) is 2.39. The van der Waals surface area contributed by atoms with Gasteiger partial charge >= 0.3 is 6.09 Å². The van der Waals surface area contributed by atoms with Crippen LogP contribution in [-0.2, 0) is 16.1 Å². The Bertz CT molecular complexity index is 514. The van der Waals surface area contributed by atoms with Gasteiger partial charge in [-0.2, -0.15) is 0 Å². The van der Waals surface area contributed by atoms with Crippen LogP contribution in [0, 0.1) is 0 Å². The number of rotatable bonds is 4. The lowest BCUT2D eigenvalue weighted by Crippen LogP contribution is -2.40. The highest BCUT2D eigenvalue weighted by molar-refractivity contribution is 9.10. The fourth-order valence-corrected chi connectivity index (χ4v) is 1.91. The molecule has 1 aromatic rings. The van der Waals surface area contributed by atoms with Crippen molar-refractivity contribution in [2.24, 2.45) is 0 Å². The van der Waals surface area contributed by atoms with Gasteiger partial charge in [-0.25, -0.2) is 4.79 Å². The van der Waals surface area contributed by atoms with Gasteiger partial charge in [-0.15, -0.1) is 0 Å². The molecule has 0 spiro atoms. The van der Waals surface area contributed by atoms with Gasteiger partial charge in [0.05, 0.1) is 0 Å². The summed E-state index contributed by atoms with van der Waals surface area (Å²) >= 11 is 3.33. The molecule has 0 atom stereocenters. The third-order valence-corrected chi connectivity index (χ3v) is 2.82. The van der Waals surface area contributed by atoms with E-state index < -0.39 is 11.7 Å². The highest BCUT2D eigenvalue weighted by atomic mass is 79.9. The molecule has 21 heavy (non-hydrogen) atoms. The minimum atomic E-state index is -0.603. The molecule has 2 amide bonds. The molecule has 0 aliphatic heterocycles. The Balaban J connectivity index is 2.43. The number of hydrogen-bond acceptors (Lipinski definition) is 4. The molecule has 0 fully saturated rings. The summed E-state index contributed by atoms with van der Waals surface area (Å²) in [6.45, 7) is 5.61. The van der Waals surface area contributed by atoms with Gasteiger partial charge in [-0.1, -0.05) is 0 Å². The van der Waals surface area contributed by atoms with Crippen molar-refractivity contribution in [3.8, 4) is 0 Å². The maximum absolute atomic E-state index is 11.9. The monoisotopic (exact) mass is 357 g/mol. The molecule has 1 rings (SSSR count). The molecule has 116 valence electrons. The van der Waals surface area contributed by atoms with Crippen LogP contribution in [0.5, 0.6) is 0 Å². The molecule has 7 heteroatoms. The van der Waals surface area contributed by atoms with E-state index in [9.17, 15) is 9.59 Å². The summed E-state index contributed by atoms with van der Waals surface area (Å²) in [5.74, 6) is -0.208. The van der Waals surface area contributed by atoms with Gasteiger partial charge in [0.1, 0.15) is 12.1 Å². The molecule has 0 aromatic carbocycles. The first-order valence-electron chi connectivity index (χ1n) is 6.47. The number of pyridine rings is 1. The summed E-state index contributed by atoms with van der Waals surface area (Å²) < 4.78 is 5.92. The summed E-state index contributed by atoms with van der Waals surface area (Å²) in [5.41, 5.74) is 0.318. The van der Waals surface area contributed by atoms with Crippen LogP contribution < -0.4 is 5.32 Å². The highest BCUT2D eigenvalue weighted by Gasteiger charge is 2.17. The summed E-state index contributed by atoms with van der Waals surface area (Å²) in [6.07, 6.45) is 2.76. The summed E-state index contributed by atoms with van der Waals surface area (Å²) in [7, 11) is 1.67. The maximum Gasteiger partial charge on any atom is 0.408 e. The van der Waals surface area contributed by atoms with E-state index in [2.05, 4.69) is 26.2 Å². The predicted molar refractivity (Wildman–Crippen MR) is 82.6 cm³/mol. The Morgan fingerprint density at radius 2 is 2.05 bits per heavy atom. The van der Waals surface area contributed by atoms with Crippen molar-refractivity contribution in [1.82, 2.24) is 15.2 Å². The van der Waals surface area contributed by atoms with Crippen molar-refractivity contribution < 1.29 is 14.3 Å². The normalized spacial score (nSPS) is 10.9. The molecule has 0 saturated carbocycles. The molecule has 0 aliphatic rings. The van der Waals surface area contributed by atoms with Gasteiger partial charge in [0.15, 0.2) is 0 Å². The lowest BCUT2D eigenvalue weighted by Gasteiger charge is -2.21. The summed E-state index contributed by atoms with van der Waals surface area (Å²) in [4.78, 5) is 28.9. The minimum Gasteiger partial charge on any atom is -0.444 e. The van der Waals surface area contributed by atoms with Gasteiger partial charge in [0.2, 0.25) is 5.91 Å². The first-order valence-corrected chi connectivity index (χ1v) is 7.27. The van der Waals surface area contributed by atoms with Crippen LogP contribution in [0.1, 0.15) is 26.3 Å². The van der Waals surface area contributed by atoms with Gasteiger partial charge in [-0.3, -0.25) is 9.78 Å². The zero-order valence-electron chi connectivity index (χ0n) is 12.6. The van der Waals surface area contributed by atoms with E-state index in [-0.39, 0.29) is 12.5 Å². The Morgan fingerprint density at radius 1 is 1.38 bits per heavy atom. The molecule has 6 nitrogen and oxygen atoms in total. The van der Waals surface area contributed by atoms with Crippen molar-refractivity contribution >= 4 is 27.9 Å². The van der Waals surface area contributed by atoms with Crippen LogP contribution in [0.3, 0.4) is 0 Å². The van der Waals surface area contributed by atoms with E-state index in [1.165, 1.54) is 4.90 Å². The van der Waals surface area contributed by atoms with Crippen LogP contribution in [0.25, 0.3) is 0 Å².